The summed E-state index contributed by atoms with van der Waals surface area (Å²) >= 11 is 7.66. The number of benzene rings is 2. The van der Waals surface area contributed by atoms with Gasteiger partial charge in [0.1, 0.15) is 0 Å². The van der Waals surface area contributed by atoms with E-state index in [1.54, 1.807) is 0 Å². The van der Waals surface area contributed by atoms with Crippen molar-refractivity contribution >= 4 is 28.3 Å². The SMILES string of the molecule is CC(C)c1cccc(C(C)C)c1C(N)CC[N](CCC(N)c1c(C(C)C)cccc1C(C)C)[Co]([Br])[Br]. The molecule has 2 aromatic carbocycles. The van der Waals surface area contributed by atoms with Crippen LogP contribution in [0.15, 0.2) is 36.4 Å². The standard InChI is InChI=1S/C30H48N3.2BrH.Co/c1-19(2)23-11-9-12-24(20(3)4)29(23)27(31)15-17-33-18-16-28(32)30-25(21(5)6)13-10-14-26(30)22(7)8;;;/h9-14,19-22,27-28H,15-18,31-32H2,1-8H3;2*1H;/q-1;;;+3/p-2. The maximum atomic E-state index is 6.90. The number of hydrogen-bond donors (Lipinski definition) is 2. The molecule has 2 unspecified atom stereocenters. The van der Waals surface area contributed by atoms with Crippen LogP contribution in [0.3, 0.4) is 0 Å². The Balaban J connectivity index is 2.19. The summed E-state index contributed by atoms with van der Waals surface area (Å²) in [7, 11) is -0.572. The second-order valence-electron chi connectivity index (χ2n) is 11.2. The van der Waals surface area contributed by atoms with E-state index in [1.807, 2.05) is 0 Å². The molecule has 0 fully saturated rings. The molecule has 3 nitrogen and oxygen atoms in total. The molecule has 0 saturated carbocycles. The molecular formula is C30H48Br2CoN3. The van der Waals surface area contributed by atoms with Gasteiger partial charge < -0.3 is 0 Å². The molecule has 2 atom stereocenters. The van der Waals surface area contributed by atoms with Crippen molar-refractivity contribution in [2.24, 2.45) is 11.5 Å². The Kier molecular flexibility index (Phi) is 13.2. The molecule has 36 heavy (non-hydrogen) atoms. The van der Waals surface area contributed by atoms with E-state index in [2.05, 4.69) is 124 Å². The molecule has 0 aliphatic carbocycles. The Hall–Kier alpha value is -0.214. The monoisotopic (exact) mass is 667 g/mol. The first-order valence-corrected chi connectivity index (χ1v) is 19.0. The second kappa shape index (κ2) is 14.8. The zero-order chi connectivity index (χ0) is 27.2. The molecule has 0 heterocycles. The normalized spacial score (nSPS) is 14.4. The van der Waals surface area contributed by atoms with Crippen molar-refractivity contribution < 1.29 is 10.3 Å². The van der Waals surface area contributed by atoms with E-state index in [1.165, 1.54) is 33.4 Å². The predicted molar refractivity (Wildman–Crippen MR) is 162 cm³/mol. The van der Waals surface area contributed by atoms with Gasteiger partial charge in [0.05, 0.1) is 0 Å². The molecule has 0 aliphatic heterocycles. The fraction of sp³-hybridized carbons (Fsp3) is 0.600. The summed E-state index contributed by atoms with van der Waals surface area (Å²) < 4.78 is 2.47. The van der Waals surface area contributed by atoms with E-state index in [0.717, 1.165) is 25.9 Å². The van der Waals surface area contributed by atoms with Gasteiger partial charge in [0.2, 0.25) is 0 Å². The third-order valence-electron chi connectivity index (χ3n) is 7.08. The first-order chi connectivity index (χ1) is 16.9. The van der Waals surface area contributed by atoms with Crippen molar-refractivity contribution in [3.05, 3.63) is 69.8 Å². The molecule has 206 valence electrons. The molecular weight excluding hydrogens is 621 g/mol. The Labute approximate surface area is 239 Å². The van der Waals surface area contributed by atoms with Gasteiger partial charge in [0.15, 0.2) is 0 Å². The van der Waals surface area contributed by atoms with Crippen LogP contribution in [0.5, 0.6) is 0 Å². The van der Waals surface area contributed by atoms with Crippen molar-refractivity contribution in [1.82, 2.24) is 3.95 Å². The average Bonchev–Trinajstić information content (AvgIpc) is 2.82. The van der Waals surface area contributed by atoms with Crippen LogP contribution < -0.4 is 11.5 Å². The Morgan fingerprint density at radius 2 is 0.889 bits per heavy atom. The van der Waals surface area contributed by atoms with Crippen LogP contribution in [0.2, 0.25) is 0 Å². The Bertz CT molecular complexity index is 833. The summed E-state index contributed by atoms with van der Waals surface area (Å²) in [6.45, 7) is 19.9. The molecule has 6 heteroatoms. The molecule has 0 bridgehead atoms. The number of nitrogens with two attached hydrogens (primary N) is 2. The van der Waals surface area contributed by atoms with Crippen LogP contribution in [0.4, 0.5) is 0 Å². The van der Waals surface area contributed by atoms with E-state index < -0.39 is 10.3 Å². The minimum atomic E-state index is -0.572. The van der Waals surface area contributed by atoms with Gasteiger partial charge >= 0.3 is 241 Å². The molecule has 2 aromatic rings. The van der Waals surface area contributed by atoms with Gasteiger partial charge in [0, 0.05) is 0 Å². The second-order valence-corrected chi connectivity index (χ2v) is 19.4. The Morgan fingerprint density at radius 3 is 1.11 bits per heavy atom. The van der Waals surface area contributed by atoms with E-state index in [4.69, 9.17) is 11.5 Å². The van der Waals surface area contributed by atoms with Gasteiger partial charge in [-0.25, -0.2) is 0 Å². The molecule has 0 aromatic heterocycles. The number of hydrogen-bond acceptors (Lipinski definition) is 3. The van der Waals surface area contributed by atoms with Gasteiger partial charge in [-0.2, -0.15) is 0 Å². The van der Waals surface area contributed by atoms with Crippen molar-refractivity contribution in [1.29, 1.82) is 0 Å². The van der Waals surface area contributed by atoms with Crippen LogP contribution in [-0.4, -0.2) is 17.0 Å². The van der Waals surface area contributed by atoms with Gasteiger partial charge in [-0.15, -0.1) is 0 Å². The number of halogens is 2. The minimum absolute atomic E-state index is 0.0148. The first kappa shape index (κ1) is 32.0. The summed E-state index contributed by atoms with van der Waals surface area (Å²) in [5, 5.41) is 0. The maximum absolute atomic E-state index is 6.90. The van der Waals surface area contributed by atoms with E-state index in [0.29, 0.717) is 23.7 Å². The Morgan fingerprint density at radius 1 is 0.611 bits per heavy atom. The topological polar surface area (TPSA) is 55.3 Å². The molecule has 0 spiro atoms. The van der Waals surface area contributed by atoms with Crippen molar-refractivity contribution in [2.45, 2.75) is 104 Å². The van der Waals surface area contributed by atoms with E-state index in [9.17, 15) is 0 Å². The van der Waals surface area contributed by atoms with E-state index in [-0.39, 0.29) is 12.1 Å². The zero-order valence-corrected chi connectivity index (χ0v) is 27.7. The zero-order valence-electron chi connectivity index (χ0n) is 23.4. The van der Waals surface area contributed by atoms with Crippen LogP contribution in [0, 0.1) is 0 Å². The van der Waals surface area contributed by atoms with Gasteiger partial charge in [-0.1, -0.05) is 0 Å². The van der Waals surface area contributed by atoms with E-state index >= 15 is 0 Å². The summed E-state index contributed by atoms with van der Waals surface area (Å²) in [5.74, 6) is 1.83. The molecule has 0 amide bonds. The number of rotatable bonds is 13. The fourth-order valence-electron chi connectivity index (χ4n) is 5.13. The van der Waals surface area contributed by atoms with Crippen molar-refractivity contribution in [3.8, 4) is 0 Å². The van der Waals surface area contributed by atoms with Crippen molar-refractivity contribution in [3.63, 3.8) is 0 Å². The number of nitrogens with zero attached hydrogens (tertiary/aromatic N) is 1. The van der Waals surface area contributed by atoms with Gasteiger partial charge in [0.25, 0.3) is 0 Å². The molecule has 0 aliphatic rings. The van der Waals surface area contributed by atoms with Gasteiger partial charge in [-0.05, 0) is 0 Å². The average molecular weight is 669 g/mol. The van der Waals surface area contributed by atoms with Crippen LogP contribution in [0.25, 0.3) is 0 Å². The molecule has 2 rings (SSSR count). The summed E-state index contributed by atoms with van der Waals surface area (Å²) in [5.41, 5.74) is 22.0. The summed E-state index contributed by atoms with van der Waals surface area (Å²) in [6.07, 6.45) is 1.82. The van der Waals surface area contributed by atoms with Crippen LogP contribution >= 0.6 is 28.3 Å². The first-order valence-electron chi connectivity index (χ1n) is 13.4. The molecule has 4 N–H and O–H groups in total. The van der Waals surface area contributed by atoms with Crippen molar-refractivity contribution in [2.75, 3.05) is 13.1 Å². The summed E-state index contributed by atoms with van der Waals surface area (Å²) in [4.78, 5) is 0. The third kappa shape index (κ3) is 8.39. The fourth-order valence-corrected chi connectivity index (χ4v) is 7.70. The molecule has 0 radical (unpaired) electrons. The quantitative estimate of drug-likeness (QED) is 0.224. The molecule has 0 saturated heterocycles. The van der Waals surface area contributed by atoms with Crippen LogP contribution in [0.1, 0.15) is 137 Å². The summed E-state index contributed by atoms with van der Waals surface area (Å²) in [6, 6.07) is 13.4. The van der Waals surface area contributed by atoms with Gasteiger partial charge in [-0.3, -0.25) is 0 Å². The van der Waals surface area contributed by atoms with Crippen LogP contribution in [-0.2, 0) is 10.3 Å². The third-order valence-corrected chi connectivity index (χ3v) is 10.8. The predicted octanol–water partition coefficient (Wildman–Crippen LogP) is 9.12.